The molecule has 4 nitrogen and oxygen atoms in total. The zero-order valence-corrected chi connectivity index (χ0v) is 32.9. The summed E-state index contributed by atoms with van der Waals surface area (Å²) in [7, 11) is 0. The largest absolute Gasteiger partial charge is 0.481 e. The minimum atomic E-state index is -0.672. The fourth-order valence-electron chi connectivity index (χ4n) is 7.18. The summed E-state index contributed by atoms with van der Waals surface area (Å²) >= 11 is 0. The van der Waals surface area contributed by atoms with Crippen molar-refractivity contribution in [3.63, 3.8) is 0 Å². The predicted molar refractivity (Wildman–Crippen MR) is 222 cm³/mol. The van der Waals surface area contributed by atoms with Gasteiger partial charge in [0, 0.05) is 12.8 Å². The maximum Gasteiger partial charge on any atom is 0.303 e. The summed E-state index contributed by atoms with van der Waals surface area (Å²) in [6.45, 7) is 0. The average Bonchev–Trinajstić information content (AvgIpc) is 3.14. The van der Waals surface area contributed by atoms with Crippen LogP contribution in [0.4, 0.5) is 0 Å². The molecule has 0 aliphatic carbocycles. The van der Waals surface area contributed by atoms with E-state index in [1.807, 2.05) is 0 Å². The van der Waals surface area contributed by atoms with E-state index < -0.39 is 11.9 Å². The number of rotatable bonds is 35. The van der Waals surface area contributed by atoms with Crippen molar-refractivity contribution in [3.05, 3.63) is 84.0 Å². The third kappa shape index (κ3) is 24.9. The van der Waals surface area contributed by atoms with Crippen LogP contribution in [0.1, 0.15) is 191 Å². The highest BCUT2D eigenvalue weighted by Crippen LogP contribution is 2.30. The Labute approximate surface area is 318 Å². The van der Waals surface area contributed by atoms with Gasteiger partial charge in [-0.15, -0.1) is 0 Å². The molecule has 0 spiro atoms. The summed E-state index contributed by atoms with van der Waals surface area (Å²) < 4.78 is 0. The number of carboxylic acids is 2. The average molecular weight is 715 g/mol. The molecule has 0 atom stereocenters. The van der Waals surface area contributed by atoms with Gasteiger partial charge >= 0.3 is 11.9 Å². The van der Waals surface area contributed by atoms with E-state index in [2.05, 4.69) is 72.8 Å². The lowest BCUT2D eigenvalue weighted by Gasteiger charge is -2.14. The highest BCUT2D eigenvalue weighted by atomic mass is 16.4. The summed E-state index contributed by atoms with van der Waals surface area (Å²) in [6, 6.07) is 18.2. The van der Waals surface area contributed by atoms with Gasteiger partial charge in [-0.25, -0.2) is 0 Å². The third-order valence-electron chi connectivity index (χ3n) is 10.3. The van der Waals surface area contributed by atoms with Crippen LogP contribution in [-0.4, -0.2) is 22.2 Å². The number of hydrogen-bond donors (Lipinski definition) is 2. The van der Waals surface area contributed by atoms with Gasteiger partial charge < -0.3 is 10.2 Å². The van der Waals surface area contributed by atoms with E-state index >= 15 is 0 Å². The van der Waals surface area contributed by atoms with E-state index in [1.165, 1.54) is 138 Å². The minimum absolute atomic E-state index is 0.315. The number of aliphatic carboxylic acids is 2. The van der Waals surface area contributed by atoms with Crippen molar-refractivity contribution < 1.29 is 19.8 Å². The van der Waals surface area contributed by atoms with E-state index in [1.54, 1.807) is 0 Å². The molecule has 2 N–H and O–H groups in total. The summed E-state index contributed by atoms with van der Waals surface area (Å²) in [5.74, 6) is -1.34. The second-order valence-corrected chi connectivity index (χ2v) is 15.0. The van der Waals surface area contributed by atoms with E-state index in [-0.39, 0.29) is 0 Å². The first-order valence-corrected chi connectivity index (χ1v) is 21.5. The van der Waals surface area contributed by atoms with Gasteiger partial charge in [0.15, 0.2) is 0 Å². The molecule has 0 unspecified atom stereocenters. The minimum Gasteiger partial charge on any atom is -0.481 e. The zero-order chi connectivity index (χ0) is 37.2. The van der Waals surface area contributed by atoms with Gasteiger partial charge in [0.05, 0.1) is 0 Å². The van der Waals surface area contributed by atoms with Gasteiger partial charge in [0.2, 0.25) is 0 Å². The van der Waals surface area contributed by atoms with Crippen molar-refractivity contribution in [2.75, 3.05) is 0 Å². The van der Waals surface area contributed by atoms with Crippen molar-refractivity contribution in [1.82, 2.24) is 0 Å². The first-order valence-electron chi connectivity index (χ1n) is 21.5. The number of hydrogen-bond acceptors (Lipinski definition) is 2. The molecule has 0 heterocycles. The van der Waals surface area contributed by atoms with E-state index in [0.29, 0.717) is 12.8 Å². The lowest BCUT2D eigenvalue weighted by Crippen LogP contribution is -1.95. The van der Waals surface area contributed by atoms with Crippen molar-refractivity contribution in [2.45, 2.75) is 193 Å². The fraction of sp³-hybridized carbons (Fsp3) is 0.625. The molecule has 2 rings (SSSR count). The predicted octanol–water partition coefficient (Wildman–Crippen LogP) is 14.6. The summed E-state index contributed by atoms with van der Waals surface area (Å²) in [4.78, 5) is 21.1. The molecule has 0 bridgehead atoms. The normalized spacial score (nSPS) is 11.6. The molecule has 0 amide bonds. The maximum absolute atomic E-state index is 10.5. The summed E-state index contributed by atoms with van der Waals surface area (Å²) in [6.07, 6.45) is 43.8. The first-order chi connectivity index (χ1) is 25.6. The fourth-order valence-corrected chi connectivity index (χ4v) is 7.18. The molecular formula is C48H74O4. The molecule has 0 saturated carbocycles. The quantitative estimate of drug-likeness (QED) is 0.0550. The molecule has 0 aliphatic rings. The monoisotopic (exact) mass is 715 g/mol. The molecular weight excluding hydrogens is 641 g/mol. The number of aryl methyl sites for hydroxylation is 2. The highest BCUT2D eigenvalue weighted by molar-refractivity contribution is 5.71. The number of carbonyl (C=O) groups is 2. The topological polar surface area (TPSA) is 74.6 Å². The van der Waals surface area contributed by atoms with E-state index in [0.717, 1.165) is 64.2 Å². The van der Waals surface area contributed by atoms with Gasteiger partial charge in [-0.05, 0) is 112 Å². The van der Waals surface area contributed by atoms with Crippen LogP contribution in [0, 0.1) is 0 Å². The Bertz CT molecular complexity index is 1130. The standard InChI is InChI=1S/C48H74O4/c49-47(50)41-29-25-21-17-13-9-5-1-3-7-11-15-19-23-27-35-43-37-31-33-39-45(43)46-40-34-32-38-44(46)36-28-24-20-16-12-8-4-2-6-10-14-18-22-26-30-42-48(51)52/h1-2,5-6,31-34,37-40H,3-4,7-30,35-36,41-42H2,(H,49,50)(H,51,52)/b5-1-,6-2-. The number of unbranched alkanes of at least 4 members (excludes halogenated alkanes) is 22. The Morgan fingerprint density at radius 3 is 0.962 bits per heavy atom. The van der Waals surface area contributed by atoms with Crippen LogP contribution in [0.25, 0.3) is 11.1 Å². The molecule has 52 heavy (non-hydrogen) atoms. The summed E-state index contributed by atoms with van der Waals surface area (Å²) in [5, 5.41) is 17.4. The molecule has 0 saturated heterocycles. The number of carboxylic acid groups (broad SMARTS) is 2. The second kappa shape index (κ2) is 32.5. The maximum atomic E-state index is 10.5. The molecule has 0 fully saturated rings. The molecule has 290 valence electrons. The van der Waals surface area contributed by atoms with Crippen LogP contribution in [0.15, 0.2) is 72.8 Å². The highest BCUT2D eigenvalue weighted by Gasteiger charge is 2.09. The van der Waals surface area contributed by atoms with Gasteiger partial charge in [0.1, 0.15) is 0 Å². The Hall–Kier alpha value is -3.14. The van der Waals surface area contributed by atoms with Crippen molar-refractivity contribution in [2.24, 2.45) is 0 Å². The van der Waals surface area contributed by atoms with Gasteiger partial charge in [-0.3, -0.25) is 9.59 Å². The van der Waals surface area contributed by atoms with E-state index in [9.17, 15) is 9.59 Å². The molecule has 0 aromatic heterocycles. The Morgan fingerprint density at radius 2 is 0.635 bits per heavy atom. The van der Waals surface area contributed by atoms with Crippen LogP contribution in [0.3, 0.4) is 0 Å². The molecule has 0 aliphatic heterocycles. The number of benzene rings is 2. The molecule has 2 aromatic carbocycles. The van der Waals surface area contributed by atoms with E-state index in [4.69, 9.17) is 10.2 Å². The van der Waals surface area contributed by atoms with Crippen LogP contribution in [-0.2, 0) is 22.4 Å². The zero-order valence-electron chi connectivity index (χ0n) is 32.9. The van der Waals surface area contributed by atoms with Gasteiger partial charge in [0.25, 0.3) is 0 Å². The van der Waals surface area contributed by atoms with Gasteiger partial charge in [-0.1, -0.05) is 163 Å². The Kier molecular flexibility index (Phi) is 28.1. The number of allylic oxidation sites excluding steroid dienone is 4. The van der Waals surface area contributed by atoms with Crippen LogP contribution >= 0.6 is 0 Å². The Morgan fingerprint density at radius 1 is 0.365 bits per heavy atom. The Balaban J connectivity index is 1.52. The lowest BCUT2D eigenvalue weighted by molar-refractivity contribution is -0.138. The third-order valence-corrected chi connectivity index (χ3v) is 10.3. The van der Waals surface area contributed by atoms with Crippen molar-refractivity contribution >= 4 is 11.9 Å². The van der Waals surface area contributed by atoms with Crippen LogP contribution in [0.5, 0.6) is 0 Å². The molecule has 0 radical (unpaired) electrons. The van der Waals surface area contributed by atoms with Gasteiger partial charge in [-0.2, -0.15) is 0 Å². The smallest absolute Gasteiger partial charge is 0.303 e. The molecule has 4 heteroatoms. The van der Waals surface area contributed by atoms with Crippen LogP contribution in [0.2, 0.25) is 0 Å². The van der Waals surface area contributed by atoms with Crippen LogP contribution < -0.4 is 0 Å². The molecule has 2 aromatic rings. The first kappa shape index (κ1) is 45.0. The SMILES string of the molecule is O=C(O)CCCCCCC/C=C\CCCCCCCCc1ccccc1-c1ccccc1CCCCCCCC/C=C\CCCCCCCC(=O)O. The van der Waals surface area contributed by atoms with Crippen molar-refractivity contribution in [1.29, 1.82) is 0 Å². The lowest BCUT2D eigenvalue weighted by atomic mass is 9.90. The second-order valence-electron chi connectivity index (χ2n) is 15.0. The summed E-state index contributed by atoms with van der Waals surface area (Å²) in [5.41, 5.74) is 5.88. The van der Waals surface area contributed by atoms with Crippen molar-refractivity contribution in [3.8, 4) is 11.1 Å².